The molecule has 2 aromatic carbocycles. The molecule has 4 amide bonds. The largest absolute Gasteiger partial charge is 0.335 e. The van der Waals surface area contributed by atoms with Crippen molar-refractivity contribution in [3.63, 3.8) is 0 Å². The molecule has 4 rings (SSSR count). The van der Waals surface area contributed by atoms with E-state index >= 15 is 0 Å². The molecule has 1 aliphatic carbocycles. The summed E-state index contributed by atoms with van der Waals surface area (Å²) in [6, 6.07) is 8.28. The number of benzene rings is 2. The number of quaternary nitrogens is 1. The molecule has 4 N–H and O–H groups in total. The van der Waals surface area contributed by atoms with Crippen LogP contribution in [-0.2, 0) is 29.0 Å². The van der Waals surface area contributed by atoms with E-state index in [0.717, 1.165) is 17.2 Å². The Balaban J connectivity index is 1.36. The Kier molecular flexibility index (Phi) is 4.98. The number of carbonyl (C=O) groups excluding carboxylic acids is 3. The molecule has 0 radical (unpaired) electrons. The van der Waals surface area contributed by atoms with E-state index in [0.29, 0.717) is 24.1 Å². The van der Waals surface area contributed by atoms with Gasteiger partial charge >= 0.3 is 6.03 Å². The minimum atomic E-state index is -0.907. The Morgan fingerprint density at radius 3 is 2.50 bits per heavy atom. The van der Waals surface area contributed by atoms with Gasteiger partial charge in [0.05, 0.1) is 0 Å². The minimum absolute atomic E-state index is 0.0821. The smallest absolute Gasteiger partial charge is 0.324 e. The molecular weight excluding hydrogens is 394 g/mol. The Bertz CT molecular complexity index is 1040. The number of halogens is 2. The molecule has 1 spiro atoms. The van der Waals surface area contributed by atoms with Gasteiger partial charge in [0.2, 0.25) is 0 Å². The van der Waals surface area contributed by atoms with Crippen molar-refractivity contribution in [2.45, 2.75) is 24.9 Å². The quantitative estimate of drug-likeness (QED) is 0.627. The third-order valence-electron chi connectivity index (χ3n) is 5.68. The van der Waals surface area contributed by atoms with Crippen LogP contribution in [0.1, 0.15) is 16.7 Å². The number of anilines is 1. The molecule has 156 valence electrons. The van der Waals surface area contributed by atoms with E-state index in [1.807, 2.05) is 12.1 Å². The number of likely N-dealkylation sites (N-methyl/N-ethyl adjacent to an activating group) is 1. The second-order valence-electron chi connectivity index (χ2n) is 7.71. The van der Waals surface area contributed by atoms with E-state index in [-0.39, 0.29) is 24.9 Å². The first kappa shape index (κ1) is 20.0. The lowest BCUT2D eigenvalue weighted by Crippen LogP contribution is -2.84. The van der Waals surface area contributed by atoms with Crippen molar-refractivity contribution in [3.05, 3.63) is 64.7 Å². The number of nitrogens with zero attached hydrogens (tertiary/aromatic N) is 1. The number of nitrogens with two attached hydrogens (primary N) is 1. The summed E-state index contributed by atoms with van der Waals surface area (Å²) in [7, 11) is 1.61. The van der Waals surface area contributed by atoms with E-state index in [2.05, 4.69) is 10.6 Å². The summed E-state index contributed by atoms with van der Waals surface area (Å²) in [6.45, 7) is 0.350. The number of rotatable bonds is 5. The van der Waals surface area contributed by atoms with Gasteiger partial charge in [-0.2, -0.15) is 0 Å². The highest BCUT2D eigenvalue weighted by Crippen LogP contribution is 2.38. The number of nitrogens with one attached hydrogen (secondary N) is 2. The summed E-state index contributed by atoms with van der Waals surface area (Å²) in [5.74, 6) is -1.87. The monoisotopic (exact) mass is 415 g/mol. The minimum Gasteiger partial charge on any atom is -0.335 e. The number of hydrogen-bond donors (Lipinski definition) is 3. The zero-order chi connectivity index (χ0) is 21.5. The van der Waals surface area contributed by atoms with Gasteiger partial charge in [-0.05, 0) is 35.4 Å². The Labute approximate surface area is 171 Å². The third kappa shape index (κ3) is 3.63. The van der Waals surface area contributed by atoms with Crippen LogP contribution in [0, 0.1) is 11.6 Å². The van der Waals surface area contributed by atoms with Crippen molar-refractivity contribution in [1.29, 1.82) is 0 Å². The van der Waals surface area contributed by atoms with E-state index < -0.39 is 23.2 Å². The summed E-state index contributed by atoms with van der Waals surface area (Å²) in [5.41, 5.74) is 2.01. The molecule has 0 unspecified atom stereocenters. The highest BCUT2D eigenvalue weighted by molar-refractivity contribution is 6.07. The molecule has 0 aromatic heterocycles. The molecule has 1 aliphatic heterocycles. The fraction of sp³-hybridized carbons (Fsp3) is 0.286. The molecule has 7 nitrogen and oxygen atoms in total. The molecule has 1 heterocycles. The van der Waals surface area contributed by atoms with Crippen molar-refractivity contribution >= 4 is 23.5 Å². The molecule has 2 aromatic rings. The molecule has 1 fully saturated rings. The summed E-state index contributed by atoms with van der Waals surface area (Å²) in [6.07, 6.45) is 0.819. The van der Waals surface area contributed by atoms with Crippen LogP contribution in [0.4, 0.5) is 19.3 Å². The van der Waals surface area contributed by atoms with Crippen molar-refractivity contribution in [2.75, 3.05) is 18.9 Å². The molecule has 2 aliphatic rings. The van der Waals surface area contributed by atoms with Gasteiger partial charge in [-0.1, -0.05) is 6.07 Å². The van der Waals surface area contributed by atoms with E-state index in [9.17, 15) is 23.2 Å². The number of fused-ring (bicyclic) bond motifs is 1. The zero-order valence-corrected chi connectivity index (χ0v) is 16.3. The number of hydrogen-bond acceptors (Lipinski definition) is 3. The van der Waals surface area contributed by atoms with Gasteiger partial charge in [-0.3, -0.25) is 14.9 Å². The Morgan fingerprint density at radius 2 is 1.83 bits per heavy atom. The number of urea groups is 1. The first-order valence-corrected chi connectivity index (χ1v) is 9.54. The molecular formula is C21H21F2N4O3+. The molecule has 30 heavy (non-hydrogen) atoms. The SMILES string of the molecule is CN1C(=O)NC(=O)[C@@]12Cc1ccc(NC(=O)C[NH2+]Cc3cc(F)cc(F)c3)cc1C2. The summed E-state index contributed by atoms with van der Waals surface area (Å²) < 4.78 is 26.4. The van der Waals surface area contributed by atoms with Crippen LogP contribution in [0.2, 0.25) is 0 Å². The fourth-order valence-electron chi connectivity index (χ4n) is 4.09. The second-order valence-corrected chi connectivity index (χ2v) is 7.71. The van der Waals surface area contributed by atoms with Crippen LogP contribution in [-0.4, -0.2) is 41.9 Å². The zero-order valence-electron chi connectivity index (χ0n) is 16.3. The maximum atomic E-state index is 13.2. The second kappa shape index (κ2) is 7.49. The van der Waals surface area contributed by atoms with E-state index in [4.69, 9.17) is 0 Å². The lowest BCUT2D eigenvalue weighted by atomic mass is 9.95. The first-order chi connectivity index (χ1) is 14.3. The number of carbonyl (C=O) groups is 3. The van der Waals surface area contributed by atoms with Gasteiger partial charge in [0, 0.05) is 37.2 Å². The topological polar surface area (TPSA) is 95.1 Å². The van der Waals surface area contributed by atoms with Crippen LogP contribution in [0.25, 0.3) is 0 Å². The first-order valence-electron chi connectivity index (χ1n) is 9.54. The van der Waals surface area contributed by atoms with Gasteiger partial charge in [0.25, 0.3) is 11.8 Å². The molecule has 1 saturated heterocycles. The van der Waals surface area contributed by atoms with Gasteiger partial charge in [-0.25, -0.2) is 13.6 Å². The van der Waals surface area contributed by atoms with Crippen molar-refractivity contribution in [2.24, 2.45) is 0 Å². The van der Waals surface area contributed by atoms with Gasteiger partial charge < -0.3 is 15.5 Å². The Morgan fingerprint density at radius 1 is 1.13 bits per heavy atom. The highest BCUT2D eigenvalue weighted by atomic mass is 19.1. The van der Waals surface area contributed by atoms with Crippen LogP contribution in [0.15, 0.2) is 36.4 Å². The van der Waals surface area contributed by atoms with Gasteiger partial charge in [0.1, 0.15) is 23.7 Å². The predicted molar refractivity (Wildman–Crippen MR) is 103 cm³/mol. The molecule has 0 saturated carbocycles. The number of imide groups is 1. The average molecular weight is 415 g/mol. The van der Waals surface area contributed by atoms with Gasteiger partial charge in [0.15, 0.2) is 6.54 Å². The van der Waals surface area contributed by atoms with Crippen LogP contribution < -0.4 is 16.0 Å². The fourth-order valence-corrected chi connectivity index (χ4v) is 4.09. The maximum Gasteiger partial charge on any atom is 0.324 e. The molecule has 1 atom stereocenters. The standard InChI is InChI=1S/C21H20F2N4O3/c1-27-20(30)26-19(29)21(27)8-13-2-3-17(6-14(13)9-21)25-18(28)11-24-10-12-4-15(22)7-16(23)5-12/h2-7,24H,8-11H2,1H3,(H,25,28)(H,26,29,30)/p+1/t21-/m0/s1. The van der Waals surface area contributed by atoms with Crippen LogP contribution in [0.3, 0.4) is 0 Å². The molecule has 0 bridgehead atoms. The lowest BCUT2D eigenvalue weighted by Gasteiger charge is -2.27. The Hall–Kier alpha value is -3.33. The van der Waals surface area contributed by atoms with E-state index in [1.165, 1.54) is 17.0 Å². The third-order valence-corrected chi connectivity index (χ3v) is 5.68. The summed E-state index contributed by atoms with van der Waals surface area (Å²) >= 11 is 0. The highest BCUT2D eigenvalue weighted by Gasteiger charge is 2.54. The van der Waals surface area contributed by atoms with Crippen LogP contribution >= 0.6 is 0 Å². The van der Waals surface area contributed by atoms with Crippen molar-refractivity contribution in [1.82, 2.24) is 10.2 Å². The van der Waals surface area contributed by atoms with E-state index in [1.54, 1.807) is 18.4 Å². The summed E-state index contributed by atoms with van der Waals surface area (Å²) in [4.78, 5) is 37.8. The predicted octanol–water partition coefficient (Wildman–Crippen LogP) is 0.686. The lowest BCUT2D eigenvalue weighted by molar-refractivity contribution is -0.659. The number of amides is 4. The van der Waals surface area contributed by atoms with Gasteiger partial charge in [-0.15, -0.1) is 0 Å². The van der Waals surface area contributed by atoms with Crippen molar-refractivity contribution < 1.29 is 28.5 Å². The maximum absolute atomic E-state index is 13.2. The normalized spacial score (nSPS) is 19.9. The van der Waals surface area contributed by atoms with Crippen LogP contribution in [0.5, 0.6) is 0 Å². The molecule has 9 heteroatoms. The summed E-state index contributed by atoms with van der Waals surface area (Å²) in [5, 5.41) is 6.79. The average Bonchev–Trinajstić information content (AvgIpc) is 3.14. The van der Waals surface area contributed by atoms with Crippen molar-refractivity contribution in [3.8, 4) is 0 Å².